The highest BCUT2D eigenvalue weighted by molar-refractivity contribution is 14.1. The molecule has 1 amide bonds. The van der Waals surface area contributed by atoms with Gasteiger partial charge in [-0.15, -0.1) is 0 Å². The fourth-order valence-corrected chi connectivity index (χ4v) is 1.02. The minimum Gasteiger partial charge on any atom is -0.480 e. The molecule has 0 bridgehead atoms. The number of hydrogen-bond acceptors (Lipinski definition) is 4. The second kappa shape index (κ2) is 6.11. The Morgan fingerprint density at radius 1 is 1.54 bits per heavy atom. The van der Waals surface area contributed by atoms with Gasteiger partial charge in [-0.05, 0) is 6.92 Å². The number of rotatable bonds is 5. The monoisotopic (exact) mass is 302 g/mol. The minimum absolute atomic E-state index is 0.0110. The van der Waals surface area contributed by atoms with Crippen LogP contribution in [0, 0.1) is 0 Å². The van der Waals surface area contributed by atoms with E-state index < -0.39 is 24.0 Å². The number of aliphatic hydroxyl groups is 1. The number of carbonyl (C=O) groups is 2. The molecule has 0 aliphatic carbocycles. The zero-order valence-electron chi connectivity index (χ0n) is 6.95. The van der Waals surface area contributed by atoms with E-state index in [2.05, 4.69) is 8.85 Å². The number of carboxylic acid groups (broad SMARTS) is 1. The first kappa shape index (κ1) is 12.6. The number of nitrogens with one attached hydrogen (secondary N) is 2. The lowest BCUT2D eigenvalue weighted by Crippen LogP contribution is -2.49. The van der Waals surface area contributed by atoms with Gasteiger partial charge in [0.15, 0.2) is 6.04 Å². The van der Waals surface area contributed by atoms with E-state index in [1.165, 1.54) is 6.92 Å². The van der Waals surface area contributed by atoms with Gasteiger partial charge in [0.25, 0.3) is 0 Å². The lowest BCUT2D eigenvalue weighted by Gasteiger charge is -2.16. The van der Waals surface area contributed by atoms with E-state index in [1.807, 2.05) is 0 Å². The summed E-state index contributed by atoms with van der Waals surface area (Å²) in [6, 6.07) is -1.25. The molecule has 0 rings (SSSR count). The Bertz CT molecular complexity index is 197. The second-order valence-electron chi connectivity index (χ2n) is 2.43. The smallest absolute Gasteiger partial charge is 0.328 e. The normalized spacial score (nSPS) is 14.7. The highest BCUT2D eigenvalue weighted by atomic mass is 127. The average Bonchev–Trinajstić information content (AvgIpc) is 1.99. The van der Waals surface area contributed by atoms with Crippen LogP contribution in [-0.2, 0) is 9.59 Å². The standard InChI is InChI=1S/C6H11IN2O4/c1-3(10)5(6(12)13)9-4(11)2-8-7/h3,5,8,10H,2H2,1H3,(H,9,11)(H,12,13). The van der Waals surface area contributed by atoms with Gasteiger partial charge < -0.3 is 15.5 Å². The van der Waals surface area contributed by atoms with E-state index >= 15 is 0 Å². The third-order valence-electron chi connectivity index (χ3n) is 1.29. The van der Waals surface area contributed by atoms with Crippen molar-refractivity contribution in [3.05, 3.63) is 0 Å². The van der Waals surface area contributed by atoms with Crippen LogP contribution in [0.25, 0.3) is 0 Å². The van der Waals surface area contributed by atoms with Crippen LogP contribution in [-0.4, -0.2) is 40.8 Å². The number of carbonyl (C=O) groups excluding carboxylic acids is 1. The minimum atomic E-state index is -1.25. The van der Waals surface area contributed by atoms with E-state index in [9.17, 15) is 9.59 Å². The van der Waals surface area contributed by atoms with E-state index in [1.54, 1.807) is 22.9 Å². The molecule has 0 spiro atoms. The zero-order valence-corrected chi connectivity index (χ0v) is 9.11. The number of aliphatic hydroxyl groups excluding tert-OH is 1. The highest BCUT2D eigenvalue weighted by Gasteiger charge is 2.24. The molecule has 13 heavy (non-hydrogen) atoms. The Morgan fingerprint density at radius 2 is 2.08 bits per heavy atom. The molecule has 2 unspecified atom stereocenters. The molecule has 7 heteroatoms. The number of aliphatic carboxylic acids is 1. The molecule has 0 radical (unpaired) electrons. The van der Waals surface area contributed by atoms with E-state index in [0.29, 0.717) is 0 Å². The van der Waals surface area contributed by atoms with E-state index in [-0.39, 0.29) is 6.54 Å². The van der Waals surface area contributed by atoms with Gasteiger partial charge in [-0.3, -0.25) is 8.32 Å². The summed E-state index contributed by atoms with van der Waals surface area (Å²) >= 11 is 1.76. The van der Waals surface area contributed by atoms with Gasteiger partial charge in [-0.25, -0.2) is 4.79 Å². The van der Waals surface area contributed by atoms with Gasteiger partial charge in [0.1, 0.15) is 0 Å². The molecule has 76 valence electrons. The molecule has 0 aliphatic rings. The lowest BCUT2D eigenvalue weighted by atomic mass is 10.2. The van der Waals surface area contributed by atoms with Crippen LogP contribution in [0.3, 0.4) is 0 Å². The van der Waals surface area contributed by atoms with Crippen LogP contribution in [0.1, 0.15) is 6.92 Å². The lowest BCUT2D eigenvalue weighted by molar-refractivity contribution is -0.144. The molecule has 0 aromatic carbocycles. The van der Waals surface area contributed by atoms with Crippen molar-refractivity contribution in [1.82, 2.24) is 8.85 Å². The molecule has 0 saturated carbocycles. The summed E-state index contributed by atoms with van der Waals surface area (Å²) < 4.78 is 2.53. The van der Waals surface area contributed by atoms with Crippen molar-refractivity contribution in [1.29, 1.82) is 0 Å². The molecule has 0 heterocycles. The Morgan fingerprint density at radius 3 is 2.38 bits per heavy atom. The first-order valence-electron chi connectivity index (χ1n) is 3.52. The highest BCUT2D eigenvalue weighted by Crippen LogP contribution is 1.92. The summed E-state index contributed by atoms with van der Waals surface area (Å²) in [6.45, 7) is 1.31. The Kier molecular flexibility index (Phi) is 5.91. The molecule has 0 aliphatic heterocycles. The molecular weight excluding hydrogens is 291 g/mol. The maximum atomic E-state index is 10.9. The van der Waals surface area contributed by atoms with Crippen LogP contribution in [0.4, 0.5) is 0 Å². The van der Waals surface area contributed by atoms with Gasteiger partial charge in [0, 0.05) is 22.9 Å². The maximum Gasteiger partial charge on any atom is 0.328 e. The average molecular weight is 302 g/mol. The quantitative estimate of drug-likeness (QED) is 0.381. The zero-order chi connectivity index (χ0) is 10.4. The van der Waals surface area contributed by atoms with Crippen molar-refractivity contribution >= 4 is 34.7 Å². The summed E-state index contributed by atoms with van der Waals surface area (Å²) in [5.41, 5.74) is 0. The fourth-order valence-electron chi connectivity index (χ4n) is 0.674. The third-order valence-corrected chi connectivity index (χ3v) is 1.67. The summed E-state index contributed by atoms with van der Waals surface area (Å²) in [4.78, 5) is 21.4. The van der Waals surface area contributed by atoms with Gasteiger partial charge >= 0.3 is 5.97 Å². The second-order valence-corrected chi connectivity index (χ2v) is 3.20. The molecule has 2 atom stereocenters. The summed E-state index contributed by atoms with van der Waals surface area (Å²) in [6.07, 6.45) is -1.12. The fraction of sp³-hybridized carbons (Fsp3) is 0.667. The SMILES string of the molecule is CC(O)C(NC(=O)CNI)C(=O)O. The van der Waals surface area contributed by atoms with Gasteiger partial charge in [0.2, 0.25) is 5.91 Å². The maximum absolute atomic E-state index is 10.9. The van der Waals surface area contributed by atoms with Crippen molar-refractivity contribution in [2.75, 3.05) is 6.54 Å². The number of amides is 1. The Labute approximate surface area is 89.2 Å². The van der Waals surface area contributed by atoms with Crippen molar-refractivity contribution in [2.24, 2.45) is 0 Å². The summed E-state index contributed by atoms with van der Waals surface area (Å²) in [5, 5.41) is 19.7. The van der Waals surface area contributed by atoms with Crippen LogP contribution in [0.15, 0.2) is 0 Å². The first-order chi connectivity index (χ1) is 5.99. The van der Waals surface area contributed by atoms with Crippen LogP contribution < -0.4 is 8.85 Å². The first-order valence-corrected chi connectivity index (χ1v) is 4.60. The van der Waals surface area contributed by atoms with E-state index in [4.69, 9.17) is 10.2 Å². The van der Waals surface area contributed by atoms with Gasteiger partial charge in [-0.2, -0.15) is 0 Å². The third kappa shape index (κ3) is 5.01. The molecule has 0 fully saturated rings. The molecular formula is C6H11IN2O4. The topological polar surface area (TPSA) is 98.7 Å². The van der Waals surface area contributed by atoms with Crippen LogP contribution >= 0.6 is 22.9 Å². The molecule has 6 nitrogen and oxygen atoms in total. The van der Waals surface area contributed by atoms with Crippen molar-refractivity contribution in [3.63, 3.8) is 0 Å². The largest absolute Gasteiger partial charge is 0.480 e. The molecule has 0 aromatic heterocycles. The molecule has 4 N–H and O–H groups in total. The summed E-state index contributed by atoms with van der Waals surface area (Å²) in [7, 11) is 0. The molecule has 0 saturated heterocycles. The number of hydrogen-bond donors (Lipinski definition) is 4. The number of halogens is 1. The van der Waals surface area contributed by atoms with Crippen LogP contribution in [0.5, 0.6) is 0 Å². The molecule has 0 aromatic rings. The van der Waals surface area contributed by atoms with Crippen LogP contribution in [0.2, 0.25) is 0 Å². The van der Waals surface area contributed by atoms with Gasteiger partial charge in [0.05, 0.1) is 12.6 Å². The van der Waals surface area contributed by atoms with Crippen molar-refractivity contribution in [3.8, 4) is 0 Å². The summed E-state index contributed by atoms with van der Waals surface area (Å²) in [5.74, 6) is -1.72. The Hall–Kier alpha value is -0.410. The van der Waals surface area contributed by atoms with Gasteiger partial charge in [-0.1, -0.05) is 0 Å². The Balaban J connectivity index is 4.10. The predicted octanol–water partition coefficient (Wildman–Crippen LogP) is -1.12. The van der Waals surface area contributed by atoms with Crippen molar-refractivity contribution < 1.29 is 19.8 Å². The number of carboxylic acids is 1. The van der Waals surface area contributed by atoms with E-state index in [0.717, 1.165) is 0 Å². The van der Waals surface area contributed by atoms with Crippen molar-refractivity contribution in [2.45, 2.75) is 19.1 Å². The predicted molar refractivity (Wildman–Crippen MR) is 53.3 cm³/mol.